The van der Waals surface area contributed by atoms with Gasteiger partial charge in [0, 0.05) is 18.2 Å². The zero-order valence-corrected chi connectivity index (χ0v) is 19.9. The van der Waals surface area contributed by atoms with E-state index in [9.17, 15) is 14.3 Å². The number of hydrogen-bond acceptors (Lipinski definition) is 7. The summed E-state index contributed by atoms with van der Waals surface area (Å²) in [5.74, 6) is 0.973. The predicted octanol–water partition coefficient (Wildman–Crippen LogP) is 5.71. The van der Waals surface area contributed by atoms with Crippen LogP contribution in [-0.4, -0.2) is 45.5 Å². The Bertz CT molecular complexity index is 1230. The van der Waals surface area contributed by atoms with E-state index in [1.54, 1.807) is 24.3 Å². The second-order valence-corrected chi connectivity index (χ2v) is 7.33. The molecule has 3 aromatic carbocycles. The molecule has 0 aromatic heterocycles. The average Bonchev–Trinajstić information content (AvgIpc) is 2.86. The number of phenols is 1. The fourth-order valence-corrected chi connectivity index (χ4v) is 3.39. The first kappa shape index (κ1) is 25.3. The number of rotatable bonds is 10. The van der Waals surface area contributed by atoms with E-state index >= 15 is 0 Å². The van der Waals surface area contributed by atoms with Crippen molar-refractivity contribution in [2.75, 3.05) is 28.4 Å². The van der Waals surface area contributed by atoms with Crippen LogP contribution in [0.25, 0.3) is 12.2 Å². The lowest BCUT2D eigenvalue weighted by Crippen LogP contribution is -1.99. The number of carbonyl (C=O) groups is 1. The summed E-state index contributed by atoms with van der Waals surface area (Å²) in [7, 11) is 6.03. The van der Waals surface area contributed by atoms with Crippen molar-refractivity contribution in [1.82, 2.24) is 0 Å². The number of ether oxygens (including phenoxy) is 4. The number of hydrogen-bond donors (Lipinski definition) is 1. The minimum atomic E-state index is -0.410. The zero-order valence-electron chi connectivity index (χ0n) is 19.9. The first-order valence-electron chi connectivity index (χ1n) is 10.6. The van der Waals surface area contributed by atoms with Gasteiger partial charge in [0.05, 0.1) is 28.4 Å². The average molecular weight is 480 g/mol. The number of ketones is 1. The normalized spacial score (nSPS) is 11.1. The Morgan fingerprint density at radius 3 is 1.97 bits per heavy atom. The van der Waals surface area contributed by atoms with Gasteiger partial charge in [-0.15, -0.1) is 0 Å². The highest BCUT2D eigenvalue weighted by Crippen LogP contribution is 2.40. The highest BCUT2D eigenvalue weighted by molar-refractivity contribution is 6.04. The number of benzene rings is 3. The minimum absolute atomic E-state index is 0.00104. The largest absolute Gasteiger partial charge is 0.504 e. The van der Waals surface area contributed by atoms with Crippen molar-refractivity contribution in [3.8, 4) is 28.7 Å². The number of aromatic hydroxyl groups is 1. The topological polar surface area (TPSA) is 86.6 Å². The summed E-state index contributed by atoms with van der Waals surface area (Å²) >= 11 is 0. The molecule has 3 rings (SSSR count). The van der Waals surface area contributed by atoms with E-state index in [1.807, 2.05) is 6.08 Å². The molecule has 1 N–H and O–H groups in total. The zero-order chi connectivity index (χ0) is 25.4. The molecule has 0 aliphatic heterocycles. The van der Waals surface area contributed by atoms with Gasteiger partial charge in [-0.25, -0.2) is 4.39 Å². The lowest BCUT2D eigenvalue weighted by molar-refractivity contribution is 0.100. The Balaban J connectivity index is 1.85. The Hall–Kier alpha value is -4.33. The van der Waals surface area contributed by atoms with E-state index in [-0.39, 0.29) is 23.7 Å². The third kappa shape index (κ3) is 6.17. The number of methoxy groups -OCH3 is 4. The third-order valence-corrected chi connectivity index (χ3v) is 5.10. The van der Waals surface area contributed by atoms with Gasteiger partial charge in [0.15, 0.2) is 28.8 Å². The monoisotopic (exact) mass is 479 g/mol. The molecule has 0 amide bonds. The van der Waals surface area contributed by atoms with Crippen molar-refractivity contribution in [1.29, 1.82) is 0 Å². The number of carbonyl (C=O) groups excluding carboxylic acids is 1. The third-order valence-electron chi connectivity index (χ3n) is 5.10. The molecule has 0 heterocycles. The summed E-state index contributed by atoms with van der Waals surface area (Å²) in [5, 5.41) is 10.4. The van der Waals surface area contributed by atoms with E-state index in [0.29, 0.717) is 34.1 Å². The van der Waals surface area contributed by atoms with Crippen LogP contribution in [0.4, 0.5) is 10.1 Å². The quantitative estimate of drug-likeness (QED) is 0.228. The predicted molar refractivity (Wildman–Crippen MR) is 133 cm³/mol. The van der Waals surface area contributed by atoms with Crippen molar-refractivity contribution in [2.24, 2.45) is 4.99 Å². The van der Waals surface area contributed by atoms with Crippen LogP contribution >= 0.6 is 0 Å². The molecule has 8 heteroatoms. The van der Waals surface area contributed by atoms with E-state index in [0.717, 1.165) is 5.56 Å². The second kappa shape index (κ2) is 11.7. The van der Waals surface area contributed by atoms with Gasteiger partial charge in [-0.3, -0.25) is 9.79 Å². The van der Waals surface area contributed by atoms with Gasteiger partial charge in [-0.1, -0.05) is 12.2 Å². The first-order chi connectivity index (χ1) is 16.9. The van der Waals surface area contributed by atoms with Crippen LogP contribution in [0, 0.1) is 5.82 Å². The Kier molecular flexibility index (Phi) is 8.45. The highest BCUT2D eigenvalue weighted by atomic mass is 19.1. The van der Waals surface area contributed by atoms with E-state index < -0.39 is 5.82 Å². The molecule has 0 saturated carbocycles. The van der Waals surface area contributed by atoms with Crippen molar-refractivity contribution >= 4 is 29.8 Å². The standard InChI is InChI=1S/C27H26FNO6/c1-32-24-15-18(16-25(33-2)27(24)35-4)6-5-17-13-21(26(34-3)23(31)14-17)29-12-11-22(30)19-7-9-20(28)10-8-19/h5-10,12-16,31H,11H2,1-4H3/b6-5-,29-12?. The molecular formula is C27H26FNO6. The van der Waals surface area contributed by atoms with E-state index in [4.69, 9.17) is 18.9 Å². The summed E-state index contributed by atoms with van der Waals surface area (Å²) in [5.41, 5.74) is 2.16. The van der Waals surface area contributed by atoms with Crippen LogP contribution in [0.5, 0.6) is 28.7 Å². The van der Waals surface area contributed by atoms with Crippen LogP contribution in [0.15, 0.2) is 53.5 Å². The number of Topliss-reactive ketones (excluding diaryl/α,β-unsaturated/α-hetero) is 1. The number of aliphatic imine (C=N–C) groups is 1. The van der Waals surface area contributed by atoms with Crippen LogP contribution in [0.1, 0.15) is 27.9 Å². The molecule has 0 aliphatic rings. The number of phenolic OH excluding ortho intramolecular Hbond substituents is 1. The van der Waals surface area contributed by atoms with E-state index in [1.165, 1.54) is 65.0 Å². The van der Waals surface area contributed by atoms with Gasteiger partial charge in [-0.05, 0) is 59.7 Å². The molecule has 0 saturated heterocycles. The van der Waals surface area contributed by atoms with Gasteiger partial charge < -0.3 is 24.1 Å². The van der Waals surface area contributed by atoms with Crippen molar-refractivity contribution < 1.29 is 33.2 Å². The van der Waals surface area contributed by atoms with Crippen LogP contribution in [0.2, 0.25) is 0 Å². The molecule has 35 heavy (non-hydrogen) atoms. The second-order valence-electron chi connectivity index (χ2n) is 7.33. The van der Waals surface area contributed by atoms with Gasteiger partial charge in [0.2, 0.25) is 5.75 Å². The van der Waals surface area contributed by atoms with E-state index in [2.05, 4.69) is 4.99 Å². The Labute approximate surface area is 203 Å². The van der Waals surface area contributed by atoms with Crippen molar-refractivity contribution in [3.05, 3.63) is 71.0 Å². The molecular weight excluding hydrogens is 453 g/mol. The maximum absolute atomic E-state index is 13.1. The lowest BCUT2D eigenvalue weighted by Gasteiger charge is -2.13. The molecule has 7 nitrogen and oxygen atoms in total. The van der Waals surface area contributed by atoms with Crippen LogP contribution < -0.4 is 18.9 Å². The molecule has 0 spiro atoms. The van der Waals surface area contributed by atoms with Crippen molar-refractivity contribution in [2.45, 2.75) is 6.42 Å². The fraction of sp³-hybridized carbons (Fsp3) is 0.185. The number of nitrogens with zero attached hydrogens (tertiary/aromatic N) is 1. The van der Waals surface area contributed by atoms with Crippen LogP contribution in [0.3, 0.4) is 0 Å². The van der Waals surface area contributed by atoms with Crippen LogP contribution in [-0.2, 0) is 0 Å². The summed E-state index contributed by atoms with van der Waals surface area (Å²) in [6.45, 7) is 0. The molecule has 0 bridgehead atoms. The molecule has 3 aromatic rings. The molecule has 0 radical (unpaired) electrons. The molecule has 0 fully saturated rings. The lowest BCUT2D eigenvalue weighted by atomic mass is 10.1. The molecule has 0 unspecified atom stereocenters. The smallest absolute Gasteiger partial charge is 0.203 e. The molecule has 182 valence electrons. The summed E-state index contributed by atoms with van der Waals surface area (Å²) in [6, 6.07) is 12.1. The SMILES string of the molecule is COc1cc(/C=C\c2cc(O)c(OC)c(N=CCC(=O)c3ccc(F)cc3)c2)cc(OC)c1OC. The summed E-state index contributed by atoms with van der Waals surface area (Å²) in [4.78, 5) is 16.6. The van der Waals surface area contributed by atoms with Gasteiger partial charge >= 0.3 is 0 Å². The highest BCUT2D eigenvalue weighted by Gasteiger charge is 2.13. The van der Waals surface area contributed by atoms with Gasteiger partial charge in [-0.2, -0.15) is 0 Å². The molecule has 0 aliphatic carbocycles. The Morgan fingerprint density at radius 1 is 0.857 bits per heavy atom. The van der Waals surface area contributed by atoms with Gasteiger partial charge in [0.1, 0.15) is 11.5 Å². The maximum Gasteiger partial charge on any atom is 0.203 e. The minimum Gasteiger partial charge on any atom is -0.504 e. The first-order valence-corrected chi connectivity index (χ1v) is 10.6. The van der Waals surface area contributed by atoms with Crippen molar-refractivity contribution in [3.63, 3.8) is 0 Å². The fourth-order valence-electron chi connectivity index (χ4n) is 3.39. The maximum atomic E-state index is 13.1. The molecule has 0 atom stereocenters. The summed E-state index contributed by atoms with van der Waals surface area (Å²) < 4.78 is 34.4. The Morgan fingerprint density at radius 2 is 1.43 bits per heavy atom. The summed E-state index contributed by atoms with van der Waals surface area (Å²) in [6.07, 6.45) is 5.02. The number of halogens is 1. The van der Waals surface area contributed by atoms with Gasteiger partial charge in [0.25, 0.3) is 0 Å².